The Bertz CT molecular complexity index is 5210. The van der Waals surface area contributed by atoms with Crippen molar-refractivity contribution < 1.29 is 73.4 Å². The summed E-state index contributed by atoms with van der Waals surface area (Å²) < 4.78 is 42.5. The molecule has 9 saturated carbocycles. The van der Waals surface area contributed by atoms with Crippen molar-refractivity contribution in [3.8, 4) is 0 Å². The van der Waals surface area contributed by atoms with Crippen molar-refractivity contribution in [1.29, 1.82) is 0 Å². The maximum absolute atomic E-state index is 13.4. The van der Waals surface area contributed by atoms with Crippen LogP contribution in [0.3, 0.4) is 0 Å². The van der Waals surface area contributed by atoms with Crippen molar-refractivity contribution >= 4 is 17.9 Å². The molecular weight excluding hydrogens is 1830 g/mol. The van der Waals surface area contributed by atoms with E-state index in [1.807, 2.05) is 18.5 Å². The van der Waals surface area contributed by atoms with Gasteiger partial charge in [-0.05, 0) is 295 Å². The normalized spacial score (nSPS) is 43.9. The van der Waals surface area contributed by atoms with Crippen LogP contribution in [-0.4, -0.2) is 204 Å². The summed E-state index contributed by atoms with van der Waals surface area (Å²) in [6, 6.07) is -0.440. The minimum absolute atomic E-state index is 0.0221. The van der Waals surface area contributed by atoms with Crippen molar-refractivity contribution in [3.63, 3.8) is 0 Å². The molecule has 30 nitrogen and oxygen atoms in total. The van der Waals surface area contributed by atoms with Crippen molar-refractivity contribution in [2.24, 2.45) is 211 Å². The van der Waals surface area contributed by atoms with E-state index in [9.17, 15) is 39.9 Å². The molecule has 13 N–H and O–H groups in total. The zero-order chi connectivity index (χ0) is 107. The zero-order valence-electron chi connectivity index (χ0n) is 94.8. The number of aliphatic hydroxyl groups is 3. The number of ether oxygens (including phenoxy) is 6. The van der Waals surface area contributed by atoms with Gasteiger partial charge in [0.15, 0.2) is 17.5 Å². The quantitative estimate of drug-likeness (QED) is 0.0334. The number of nitrogens with zero attached hydrogens (tertiary/aromatic N) is 11. The number of carboxylic acids is 3. The Balaban J connectivity index is 0.000000158. The van der Waals surface area contributed by atoms with Crippen LogP contribution in [-0.2, 0) is 62.6 Å². The Morgan fingerprint density at radius 3 is 1.08 bits per heavy atom. The number of aliphatic carboxylic acids is 3. The fraction of sp³-hybridized carbons (Fsp3) is 0.896. The van der Waals surface area contributed by atoms with Gasteiger partial charge in [0.05, 0.1) is 102 Å². The second kappa shape index (κ2) is 39.7. The molecule has 818 valence electrons. The van der Waals surface area contributed by atoms with Crippen LogP contribution in [0.2, 0.25) is 0 Å². The van der Waals surface area contributed by atoms with Gasteiger partial charge < -0.3 is 76.3 Å². The van der Waals surface area contributed by atoms with E-state index in [0.29, 0.717) is 135 Å². The number of tetrazole rings is 3. The summed E-state index contributed by atoms with van der Waals surface area (Å²) in [7, 11) is 0. The third-order valence-electron chi connectivity index (χ3n) is 47.7. The number of hydrogen-bond acceptors (Lipinski definition) is 24. The Hall–Kier alpha value is -5.64. The van der Waals surface area contributed by atoms with Crippen molar-refractivity contribution in [2.75, 3.05) is 59.5 Å². The number of aromatic amines is 1. The number of hydrogen-bond donors (Lipinski definition) is 10. The predicted octanol–water partition coefficient (Wildman–Crippen LogP) is 18.8. The lowest BCUT2D eigenvalue weighted by molar-refractivity contribution is -0.254. The van der Waals surface area contributed by atoms with Gasteiger partial charge in [-0.25, -0.2) is 4.68 Å². The first kappa shape index (κ1) is 113. The molecule has 3 aromatic rings. The Morgan fingerprint density at radius 1 is 0.434 bits per heavy atom. The number of H-pyrrole nitrogens is 1. The molecule has 15 aliphatic rings. The molecule has 0 unspecified atom stereocenters. The van der Waals surface area contributed by atoms with Crippen molar-refractivity contribution in [2.45, 2.75) is 397 Å². The first-order valence-corrected chi connectivity index (χ1v) is 56.3. The molecule has 0 radical (unpaired) electrons. The summed E-state index contributed by atoms with van der Waals surface area (Å²) in [5.41, 5.74) is 19.9. The van der Waals surface area contributed by atoms with Gasteiger partial charge in [-0.2, -0.15) is 10.0 Å². The highest BCUT2D eigenvalue weighted by molar-refractivity contribution is 5.75. The lowest BCUT2D eigenvalue weighted by Gasteiger charge is -2.71. The van der Waals surface area contributed by atoms with Crippen LogP contribution in [0.25, 0.3) is 0 Å². The molecule has 0 aromatic carbocycles. The first-order chi connectivity index (χ1) is 67.4. The Morgan fingerprint density at radius 2 is 0.772 bits per heavy atom. The van der Waals surface area contributed by atoms with E-state index >= 15 is 0 Å². The zero-order valence-corrected chi connectivity index (χ0v) is 94.8. The van der Waals surface area contributed by atoms with E-state index in [1.165, 1.54) is 17.6 Å². The summed E-state index contributed by atoms with van der Waals surface area (Å²) in [5, 5.41) is 99.6. The second-order valence-corrected chi connectivity index (χ2v) is 56.3. The van der Waals surface area contributed by atoms with Crippen LogP contribution >= 0.6 is 0 Å². The maximum Gasteiger partial charge on any atom is 0.307 e. The molecule has 3 aliphatic heterocycles. The van der Waals surface area contributed by atoms with Gasteiger partial charge in [-0.15, -0.1) is 25.5 Å². The minimum atomic E-state index is -0.642. The van der Waals surface area contributed by atoms with Gasteiger partial charge in [-0.1, -0.05) is 234 Å². The van der Waals surface area contributed by atoms with Gasteiger partial charge in [0.2, 0.25) is 0 Å². The molecule has 3 saturated heterocycles. The predicted molar refractivity (Wildman–Crippen MR) is 557 cm³/mol. The number of carbonyl (C=O) groups is 3. The largest absolute Gasteiger partial charge is 0.481 e. The summed E-state index contributed by atoms with van der Waals surface area (Å²) in [5.74, 6) is 3.52. The Labute approximate surface area is 867 Å². The molecule has 0 amide bonds. The fourth-order valence-corrected chi connectivity index (χ4v) is 36.2. The molecule has 6 heterocycles. The van der Waals surface area contributed by atoms with Crippen molar-refractivity contribution in [1.82, 2.24) is 61.0 Å². The third-order valence-corrected chi connectivity index (χ3v) is 47.7. The molecule has 3 aromatic heterocycles. The number of allylic oxidation sites excluding steroid dienone is 3. The molecule has 6 bridgehead atoms. The molecule has 0 spiro atoms. The molecule has 12 fully saturated rings. The maximum atomic E-state index is 13.4. The minimum Gasteiger partial charge on any atom is -0.481 e. The standard InChI is InChI=1S/2C38H63N5O5.C37H63NO4.C2H4N4O/c1-22(2)24(5)33(6)15-16-35(8)25-11-12-28-34(7)19-47-21-38(28,26(25)13-14-36(35,9)30(33)32(45)46)17-27(43-29(18-44)40-41-42-43)31(34)48-20-37(10,39)23(3)4;1-22(2)24(5)33(6)15-16-35(8)25-11-12-28-34(7)19-47-21-38(28,26(25)13-14-36(35,9)30(33)32(45)46)17-27(43-41-29(18-44)40-42-43)31(34)48-20-37(10,39)23(3)4;1-22(2)25(6)32(7)16-17-34(9)26-12-13-28-33(8)19-41-21-37(28,27(26)14-15-35(34,10)29(32)31(39)40)18-24(5)30(33)42-20-36(11,38)23(3)4;7-1-2-3-5-6-4-2/h2*13,22-25,27-28,30-31,44H,11-12,14-21,39H2,1-10H3,(H,45,46);14,22-26,28-30H,12-13,15-21,38H2,1-11H3,(H,39,40);7H,1H2,(H,3,4,5,6)/t2*24-,25+,27-,28+,30-,31+,33-,34+,35-,36+,37+,38+;24-,25-,26+,28+,29-,30+,32-,33+,34-,35+,36+,37+;/m111./s1. The molecule has 30 heteroatoms. The first-order valence-electron chi connectivity index (χ1n) is 56.3. The average molecular weight is 2030 g/mol. The number of fused-ring (bicyclic) bond motifs is 9. The van der Waals surface area contributed by atoms with Gasteiger partial charge in [-0.3, -0.25) is 14.4 Å². The van der Waals surface area contributed by atoms with E-state index in [2.05, 4.69) is 271 Å². The van der Waals surface area contributed by atoms with E-state index in [-0.39, 0.29) is 167 Å². The number of nitrogens with two attached hydrogens (primary N) is 3. The van der Waals surface area contributed by atoms with Crippen LogP contribution in [0, 0.1) is 194 Å². The van der Waals surface area contributed by atoms with Crippen LogP contribution in [0.4, 0.5) is 0 Å². The van der Waals surface area contributed by atoms with Crippen molar-refractivity contribution in [3.05, 3.63) is 52.4 Å². The molecule has 12 aliphatic carbocycles. The molecule has 18 rings (SSSR count). The number of carboxylic acid groups (broad SMARTS) is 3. The number of nitrogens with one attached hydrogen (secondary N) is 1. The highest BCUT2D eigenvalue weighted by Gasteiger charge is 2.78. The van der Waals surface area contributed by atoms with E-state index in [4.69, 9.17) is 50.7 Å². The van der Waals surface area contributed by atoms with E-state index in [0.717, 1.165) is 122 Å². The van der Waals surface area contributed by atoms with Gasteiger partial charge >= 0.3 is 17.9 Å². The average Bonchev–Trinajstić information content (AvgIpc) is 1.34. The topological polar surface area (TPSA) is 448 Å². The fourth-order valence-electron chi connectivity index (χ4n) is 36.2. The van der Waals surface area contributed by atoms with Gasteiger partial charge in [0.25, 0.3) is 0 Å². The van der Waals surface area contributed by atoms with Gasteiger partial charge in [0.1, 0.15) is 25.9 Å². The highest BCUT2D eigenvalue weighted by atomic mass is 16.5. The SMILES string of the molecule is CC(C)[C@@H](C)[C@@]1(C)CC[C@]2(C)[C@H]3CC[C@@H]4[C@@]5(COC[C@]4(C)[C@@H](OC[C@](C)(N)C(C)C)[C@H](C)C5)C3=CC[C@@]2(C)[C@@H]1C(=O)O.CC(C)[C@@H](C)[C@@]1(C)CC[C@]2(C)[C@H]3CC[C@@H]4[C@@]5(COC[C@]4(C)[C@@H](OC[C@](C)(N)C(C)C)[C@H](n4nnc(CO)n4)C5)C3=CC[C@@]2(C)[C@@H]1C(=O)O.CC(C)[C@@H](C)[C@@]1(C)CC[C@]2(C)[C@H]3CC[C@@H]4[C@@]5(COC[C@]4(C)[C@@H](OC[C@](C)(N)C(C)C)[C@H](n4nnnc4CO)C5)C3=CC[C@@]2(C)[C@@H]1C(=O)O.OCc1nn[nH]n1. The lowest BCUT2D eigenvalue weighted by Crippen LogP contribution is -2.69. The molecule has 36 atom stereocenters. The molecule has 145 heavy (non-hydrogen) atoms. The number of aromatic nitrogens is 12. The van der Waals surface area contributed by atoms with E-state index in [1.54, 1.807) is 10.4 Å². The van der Waals surface area contributed by atoms with Crippen LogP contribution in [0.15, 0.2) is 34.9 Å². The Kier molecular flexibility index (Phi) is 31.1. The highest BCUT2D eigenvalue weighted by Crippen LogP contribution is 2.81. The smallest absolute Gasteiger partial charge is 0.307 e. The molecular formula is C115H193N15O15. The van der Waals surface area contributed by atoms with E-state index < -0.39 is 40.8 Å². The summed E-state index contributed by atoms with van der Waals surface area (Å²) in [6.07, 6.45) is 24.4. The summed E-state index contributed by atoms with van der Waals surface area (Å²) >= 11 is 0. The monoisotopic (exact) mass is 2020 g/mol. The second-order valence-electron chi connectivity index (χ2n) is 56.3. The number of aliphatic hydroxyl groups excluding tert-OH is 3. The lowest BCUT2D eigenvalue weighted by atomic mass is 9.34. The number of rotatable bonds is 26. The van der Waals surface area contributed by atoms with Crippen LogP contribution in [0.1, 0.15) is 360 Å². The third kappa shape index (κ3) is 17.6. The summed E-state index contributed by atoms with van der Waals surface area (Å²) in [6.45, 7) is 74.6. The van der Waals surface area contributed by atoms with Crippen LogP contribution < -0.4 is 17.2 Å². The summed E-state index contributed by atoms with van der Waals surface area (Å²) in [4.78, 5) is 41.9. The van der Waals surface area contributed by atoms with Gasteiger partial charge in [0, 0.05) is 49.1 Å². The van der Waals surface area contributed by atoms with Crippen LogP contribution in [0.5, 0.6) is 0 Å².